The second-order valence-corrected chi connectivity index (χ2v) is 9.76. The van der Waals surface area contributed by atoms with Crippen LogP contribution in [0, 0.1) is 5.92 Å². The fourth-order valence-corrected chi connectivity index (χ4v) is 6.11. The highest BCUT2D eigenvalue weighted by Crippen LogP contribution is 2.41. The number of hydrogen-bond acceptors (Lipinski definition) is 6. The molecule has 3 atom stereocenters. The zero-order chi connectivity index (χ0) is 18.1. The molecule has 4 rings (SSSR count). The lowest BCUT2D eigenvalue weighted by Gasteiger charge is -2.18. The van der Waals surface area contributed by atoms with E-state index in [0.717, 1.165) is 48.1 Å². The molecule has 1 fully saturated rings. The van der Waals surface area contributed by atoms with Gasteiger partial charge < -0.3 is 10.1 Å². The first kappa shape index (κ1) is 18.2. The molecule has 140 valence electrons. The van der Waals surface area contributed by atoms with Crippen LogP contribution in [0.5, 0.6) is 0 Å². The Bertz CT molecular complexity index is 801. The second-order valence-electron chi connectivity index (χ2n) is 7.35. The molecule has 1 amide bonds. The van der Waals surface area contributed by atoms with E-state index in [1.165, 1.54) is 22.2 Å². The number of nitrogens with one attached hydrogen (secondary N) is 1. The van der Waals surface area contributed by atoms with Crippen LogP contribution in [-0.2, 0) is 22.4 Å². The summed E-state index contributed by atoms with van der Waals surface area (Å²) >= 11 is 3.34. The lowest BCUT2D eigenvalue weighted by molar-refractivity contribution is -0.120. The monoisotopic (exact) mass is 391 g/mol. The van der Waals surface area contributed by atoms with E-state index in [4.69, 9.17) is 4.74 Å². The van der Waals surface area contributed by atoms with Gasteiger partial charge in [0, 0.05) is 23.4 Å². The van der Waals surface area contributed by atoms with E-state index >= 15 is 0 Å². The molecule has 1 N–H and O–H groups in total. The van der Waals surface area contributed by atoms with E-state index in [1.807, 2.05) is 6.92 Å². The summed E-state index contributed by atoms with van der Waals surface area (Å²) < 4.78 is 5.58. The molecule has 0 unspecified atom stereocenters. The van der Waals surface area contributed by atoms with Gasteiger partial charge in [0.25, 0.3) is 0 Å². The number of aromatic nitrogens is 2. The van der Waals surface area contributed by atoms with Crippen molar-refractivity contribution >= 4 is 39.2 Å². The summed E-state index contributed by atoms with van der Waals surface area (Å²) in [5, 5.41) is 4.97. The van der Waals surface area contributed by atoms with Crippen molar-refractivity contribution in [3.63, 3.8) is 0 Å². The summed E-state index contributed by atoms with van der Waals surface area (Å²) in [4.78, 5) is 24.0. The molecule has 26 heavy (non-hydrogen) atoms. The Labute approximate surface area is 162 Å². The van der Waals surface area contributed by atoms with Crippen molar-refractivity contribution in [1.29, 1.82) is 0 Å². The smallest absolute Gasteiger partial charge is 0.233 e. The van der Waals surface area contributed by atoms with Gasteiger partial charge in [-0.05, 0) is 50.5 Å². The first-order valence-corrected chi connectivity index (χ1v) is 11.1. The minimum absolute atomic E-state index is 0.0509. The largest absolute Gasteiger partial charge is 0.376 e. The Kier molecular flexibility index (Phi) is 5.47. The molecule has 0 radical (unpaired) electrons. The number of hydrogen-bond donors (Lipinski definition) is 1. The third-order valence-corrected chi connectivity index (χ3v) is 7.51. The predicted octanol–water partition coefficient (Wildman–Crippen LogP) is 3.59. The molecule has 3 heterocycles. The number of fused-ring (bicyclic) bond motifs is 3. The molecule has 0 aromatic carbocycles. The number of aryl methyl sites for hydroxylation is 1. The van der Waals surface area contributed by atoms with Gasteiger partial charge in [0.1, 0.15) is 16.2 Å². The van der Waals surface area contributed by atoms with Crippen molar-refractivity contribution in [3.05, 3.63) is 16.8 Å². The standard InChI is InChI=1S/C19H25N3O2S2/c1-11-5-6-14-15(8-11)26-19-16(14)18(21-10-22-19)25-12(2)17(23)20-9-13-4-3-7-24-13/h10-13H,3-9H2,1-2H3,(H,20,23)/t11-,12+,13+/m1/s1. The fraction of sp³-hybridized carbons (Fsp3) is 0.632. The van der Waals surface area contributed by atoms with Crippen LogP contribution >= 0.6 is 23.1 Å². The van der Waals surface area contributed by atoms with Gasteiger partial charge >= 0.3 is 0 Å². The van der Waals surface area contributed by atoms with Crippen LogP contribution < -0.4 is 5.32 Å². The maximum atomic E-state index is 12.5. The van der Waals surface area contributed by atoms with Crippen molar-refractivity contribution in [2.75, 3.05) is 13.2 Å². The van der Waals surface area contributed by atoms with Gasteiger partial charge in [-0.15, -0.1) is 11.3 Å². The summed E-state index contributed by atoms with van der Waals surface area (Å²) in [5.74, 6) is 0.789. The van der Waals surface area contributed by atoms with Crippen molar-refractivity contribution in [1.82, 2.24) is 15.3 Å². The number of rotatable bonds is 5. The van der Waals surface area contributed by atoms with Gasteiger partial charge in [-0.3, -0.25) is 4.79 Å². The van der Waals surface area contributed by atoms with Gasteiger partial charge in [0.05, 0.1) is 11.4 Å². The van der Waals surface area contributed by atoms with Gasteiger partial charge in [0.2, 0.25) is 5.91 Å². The highest BCUT2D eigenvalue weighted by molar-refractivity contribution is 8.00. The summed E-state index contributed by atoms with van der Waals surface area (Å²) in [6.07, 6.45) is 7.38. The van der Waals surface area contributed by atoms with Crippen LogP contribution in [0.1, 0.15) is 43.6 Å². The van der Waals surface area contributed by atoms with Crippen LogP contribution in [0.4, 0.5) is 0 Å². The molecule has 7 heteroatoms. The first-order chi connectivity index (χ1) is 12.6. The van der Waals surface area contributed by atoms with Crippen LogP contribution in [0.15, 0.2) is 11.4 Å². The Balaban J connectivity index is 1.48. The number of carbonyl (C=O) groups is 1. The van der Waals surface area contributed by atoms with Crippen LogP contribution in [-0.4, -0.2) is 40.4 Å². The quantitative estimate of drug-likeness (QED) is 0.623. The maximum absolute atomic E-state index is 12.5. The van der Waals surface area contributed by atoms with Crippen molar-refractivity contribution in [2.45, 2.75) is 62.3 Å². The molecule has 5 nitrogen and oxygen atoms in total. The SMILES string of the molecule is C[C@@H]1CCc2c(sc3ncnc(S[C@@H](C)C(=O)NC[C@@H]4CCCO4)c23)C1. The Morgan fingerprint density at radius 2 is 2.35 bits per heavy atom. The number of ether oxygens (including phenoxy) is 1. The molecule has 0 saturated carbocycles. The normalized spacial score (nSPS) is 23.8. The molecular formula is C19H25N3O2S2. The molecule has 0 spiro atoms. The predicted molar refractivity (Wildman–Crippen MR) is 106 cm³/mol. The third kappa shape index (κ3) is 3.75. The number of carbonyl (C=O) groups excluding carboxylic acids is 1. The highest BCUT2D eigenvalue weighted by Gasteiger charge is 2.25. The molecule has 2 aliphatic rings. The topological polar surface area (TPSA) is 64.1 Å². The highest BCUT2D eigenvalue weighted by atomic mass is 32.2. The molecule has 2 aromatic heterocycles. The lowest BCUT2D eigenvalue weighted by atomic mass is 9.89. The van der Waals surface area contributed by atoms with Crippen molar-refractivity contribution in [2.24, 2.45) is 5.92 Å². The van der Waals surface area contributed by atoms with Crippen molar-refractivity contribution in [3.8, 4) is 0 Å². The van der Waals surface area contributed by atoms with Gasteiger partial charge in [-0.1, -0.05) is 18.7 Å². The van der Waals surface area contributed by atoms with Crippen LogP contribution in [0.25, 0.3) is 10.2 Å². The third-order valence-electron chi connectivity index (χ3n) is 5.24. The van der Waals surface area contributed by atoms with E-state index in [-0.39, 0.29) is 17.3 Å². The molecule has 1 aliphatic heterocycles. The molecular weight excluding hydrogens is 366 g/mol. The van der Waals surface area contributed by atoms with E-state index in [1.54, 1.807) is 29.4 Å². The Hall–Kier alpha value is -1.18. The zero-order valence-corrected chi connectivity index (χ0v) is 16.9. The Morgan fingerprint density at radius 3 is 3.15 bits per heavy atom. The minimum Gasteiger partial charge on any atom is -0.376 e. The van der Waals surface area contributed by atoms with E-state index in [0.29, 0.717) is 6.54 Å². The number of thioether (sulfide) groups is 1. The first-order valence-electron chi connectivity index (χ1n) is 9.43. The van der Waals surface area contributed by atoms with Crippen LogP contribution in [0.2, 0.25) is 0 Å². The lowest BCUT2D eigenvalue weighted by Crippen LogP contribution is -2.36. The van der Waals surface area contributed by atoms with E-state index in [2.05, 4.69) is 22.2 Å². The van der Waals surface area contributed by atoms with E-state index in [9.17, 15) is 4.79 Å². The summed E-state index contributed by atoms with van der Waals surface area (Å²) in [6, 6.07) is 0. The van der Waals surface area contributed by atoms with Gasteiger partial charge in [-0.2, -0.15) is 0 Å². The number of thiophene rings is 1. The maximum Gasteiger partial charge on any atom is 0.233 e. The average Bonchev–Trinajstić information content (AvgIpc) is 3.26. The second kappa shape index (κ2) is 7.82. The zero-order valence-electron chi connectivity index (χ0n) is 15.3. The molecule has 1 aliphatic carbocycles. The average molecular weight is 392 g/mol. The molecule has 1 saturated heterocycles. The number of amides is 1. The summed E-state index contributed by atoms with van der Waals surface area (Å²) in [5.41, 5.74) is 1.41. The fourth-order valence-electron chi connectivity index (χ4n) is 3.72. The summed E-state index contributed by atoms with van der Waals surface area (Å²) in [7, 11) is 0. The number of nitrogens with zero attached hydrogens (tertiary/aromatic N) is 2. The van der Waals surface area contributed by atoms with Gasteiger partial charge in [-0.25, -0.2) is 9.97 Å². The van der Waals surface area contributed by atoms with Crippen LogP contribution in [0.3, 0.4) is 0 Å². The summed E-state index contributed by atoms with van der Waals surface area (Å²) in [6.45, 7) is 5.68. The molecule has 2 aromatic rings. The van der Waals surface area contributed by atoms with E-state index < -0.39 is 0 Å². The Morgan fingerprint density at radius 1 is 1.46 bits per heavy atom. The molecule has 0 bridgehead atoms. The van der Waals surface area contributed by atoms with Crippen molar-refractivity contribution < 1.29 is 9.53 Å². The van der Waals surface area contributed by atoms with Gasteiger partial charge in [0.15, 0.2) is 0 Å². The minimum atomic E-state index is -0.187.